The van der Waals surface area contributed by atoms with Crippen molar-refractivity contribution in [3.63, 3.8) is 0 Å². The molecule has 2 amide bonds. The summed E-state index contributed by atoms with van der Waals surface area (Å²) in [5.41, 5.74) is 0.300. The van der Waals surface area contributed by atoms with Crippen LogP contribution in [0.15, 0.2) is 5.38 Å². The number of anilines is 1. The fourth-order valence-corrected chi connectivity index (χ4v) is 3.84. The van der Waals surface area contributed by atoms with Gasteiger partial charge in [0.2, 0.25) is 0 Å². The topological polar surface area (TPSA) is 95.9 Å². The fourth-order valence-electron chi connectivity index (χ4n) is 2.89. The molecule has 2 N–H and O–H groups in total. The van der Waals surface area contributed by atoms with E-state index in [4.69, 9.17) is 4.74 Å². The number of ether oxygens (including phenoxy) is 1. The van der Waals surface area contributed by atoms with E-state index in [2.05, 4.69) is 5.32 Å². The normalized spacial score (nSPS) is 20.0. The van der Waals surface area contributed by atoms with Crippen LogP contribution in [0.1, 0.15) is 43.1 Å². The number of carbonyl (C=O) groups excluding carboxylic acids is 2. The lowest BCUT2D eigenvalue weighted by atomic mass is 9.90. The minimum atomic E-state index is -0.930. The third kappa shape index (κ3) is 4.12. The molecular formula is C17H24N2O5S. The van der Waals surface area contributed by atoms with Crippen LogP contribution in [-0.4, -0.2) is 48.2 Å². The third-order valence-corrected chi connectivity index (χ3v) is 5.33. The summed E-state index contributed by atoms with van der Waals surface area (Å²) in [6.45, 7) is 6.24. The number of thiophene rings is 1. The number of urea groups is 1. The molecule has 2 rings (SSSR count). The molecule has 1 fully saturated rings. The number of carbonyl (C=O) groups is 3. The van der Waals surface area contributed by atoms with Crippen molar-refractivity contribution in [2.45, 2.75) is 33.6 Å². The minimum Gasteiger partial charge on any atom is -0.481 e. The summed E-state index contributed by atoms with van der Waals surface area (Å²) in [7, 11) is 1.31. The van der Waals surface area contributed by atoms with E-state index in [0.717, 1.165) is 5.56 Å². The first-order chi connectivity index (χ1) is 11.7. The Labute approximate surface area is 151 Å². The number of amides is 2. The van der Waals surface area contributed by atoms with Gasteiger partial charge in [0, 0.05) is 13.1 Å². The van der Waals surface area contributed by atoms with Crippen LogP contribution < -0.4 is 5.32 Å². The second kappa shape index (κ2) is 7.43. The molecule has 1 unspecified atom stereocenters. The Bertz CT molecular complexity index is 685. The summed E-state index contributed by atoms with van der Waals surface area (Å²) < 4.78 is 4.85. The highest BCUT2D eigenvalue weighted by molar-refractivity contribution is 7.15. The largest absolute Gasteiger partial charge is 0.481 e. The number of likely N-dealkylation sites (tertiary alicyclic amines) is 1. The van der Waals surface area contributed by atoms with Crippen LogP contribution in [0.2, 0.25) is 0 Å². The first-order valence-corrected chi connectivity index (χ1v) is 9.04. The maximum Gasteiger partial charge on any atom is 0.341 e. The predicted octanol–water partition coefficient (Wildman–Crippen LogP) is 3.06. The lowest BCUT2D eigenvalue weighted by Crippen LogP contribution is -2.37. The van der Waals surface area contributed by atoms with Crippen LogP contribution in [0.4, 0.5) is 9.80 Å². The molecule has 7 nitrogen and oxygen atoms in total. The van der Waals surface area contributed by atoms with Gasteiger partial charge >= 0.3 is 18.0 Å². The van der Waals surface area contributed by atoms with Gasteiger partial charge in [-0.1, -0.05) is 13.8 Å². The maximum absolute atomic E-state index is 12.5. The summed E-state index contributed by atoms with van der Waals surface area (Å²) in [5, 5.41) is 14.3. The van der Waals surface area contributed by atoms with Gasteiger partial charge in [-0.3, -0.25) is 10.1 Å². The number of methoxy groups -OCH3 is 1. The average Bonchev–Trinajstić information content (AvgIpc) is 3.11. The lowest BCUT2D eigenvalue weighted by Gasteiger charge is -2.20. The Morgan fingerprint density at radius 2 is 2.12 bits per heavy atom. The lowest BCUT2D eigenvalue weighted by molar-refractivity contribution is -0.146. The Morgan fingerprint density at radius 3 is 2.64 bits per heavy atom. The highest BCUT2D eigenvalue weighted by atomic mass is 32.1. The molecule has 8 heteroatoms. The van der Waals surface area contributed by atoms with E-state index in [-0.39, 0.29) is 6.54 Å². The quantitative estimate of drug-likeness (QED) is 0.779. The van der Waals surface area contributed by atoms with Crippen LogP contribution in [0, 0.1) is 11.3 Å². The number of esters is 1. The number of carboxylic acids is 1. The Kier molecular flexibility index (Phi) is 5.72. The van der Waals surface area contributed by atoms with Crippen LogP contribution in [0.3, 0.4) is 0 Å². The number of nitrogens with zero attached hydrogens (tertiary/aromatic N) is 1. The molecule has 0 saturated carbocycles. The number of rotatable bonds is 5. The fraction of sp³-hybridized carbons (Fsp3) is 0.588. The number of carboxylic acid groups (broad SMARTS) is 1. The van der Waals surface area contributed by atoms with Crippen LogP contribution >= 0.6 is 11.3 Å². The van der Waals surface area contributed by atoms with E-state index >= 15 is 0 Å². The van der Waals surface area contributed by atoms with Crippen molar-refractivity contribution in [3.05, 3.63) is 16.5 Å². The van der Waals surface area contributed by atoms with E-state index in [1.807, 2.05) is 19.2 Å². The predicted molar refractivity (Wildman–Crippen MR) is 95.2 cm³/mol. The van der Waals surface area contributed by atoms with Crippen molar-refractivity contribution in [3.8, 4) is 0 Å². The minimum absolute atomic E-state index is 0.145. The second-order valence-corrected chi connectivity index (χ2v) is 7.90. The van der Waals surface area contributed by atoms with E-state index in [1.165, 1.54) is 23.3 Å². The highest BCUT2D eigenvalue weighted by Crippen LogP contribution is 2.33. The smallest absolute Gasteiger partial charge is 0.341 e. The second-order valence-electron chi connectivity index (χ2n) is 7.02. The van der Waals surface area contributed by atoms with E-state index in [0.29, 0.717) is 35.9 Å². The van der Waals surface area contributed by atoms with Gasteiger partial charge in [0.15, 0.2) is 0 Å². The van der Waals surface area contributed by atoms with Crippen LogP contribution in [0.5, 0.6) is 0 Å². The molecular weight excluding hydrogens is 344 g/mol. The first-order valence-electron chi connectivity index (χ1n) is 8.16. The first kappa shape index (κ1) is 19.2. The van der Waals surface area contributed by atoms with E-state index in [9.17, 15) is 19.5 Å². The Hall–Kier alpha value is -2.09. The number of hydrogen-bond donors (Lipinski definition) is 2. The van der Waals surface area contributed by atoms with Gasteiger partial charge in [-0.15, -0.1) is 11.3 Å². The van der Waals surface area contributed by atoms with Crippen molar-refractivity contribution < 1.29 is 24.2 Å². The van der Waals surface area contributed by atoms with E-state index < -0.39 is 23.4 Å². The van der Waals surface area contributed by atoms with Gasteiger partial charge in [-0.2, -0.15) is 0 Å². The van der Waals surface area contributed by atoms with Gasteiger partial charge in [0.05, 0.1) is 18.1 Å². The molecule has 1 aromatic rings. The van der Waals surface area contributed by atoms with Crippen molar-refractivity contribution in [1.29, 1.82) is 0 Å². The highest BCUT2D eigenvalue weighted by Gasteiger charge is 2.42. The zero-order valence-corrected chi connectivity index (χ0v) is 15.7. The van der Waals surface area contributed by atoms with Crippen molar-refractivity contribution >= 4 is 34.3 Å². The summed E-state index contributed by atoms with van der Waals surface area (Å²) in [6, 6.07) is -0.395. The summed E-state index contributed by atoms with van der Waals surface area (Å²) in [5.74, 6) is -1.03. The van der Waals surface area contributed by atoms with Crippen molar-refractivity contribution in [2.24, 2.45) is 11.3 Å². The van der Waals surface area contributed by atoms with Crippen molar-refractivity contribution in [2.75, 3.05) is 25.5 Å². The average molecular weight is 368 g/mol. The molecule has 2 heterocycles. The molecule has 0 spiro atoms. The van der Waals surface area contributed by atoms with Crippen LogP contribution in [-0.2, 0) is 16.0 Å². The summed E-state index contributed by atoms with van der Waals surface area (Å²) in [6.07, 6.45) is 1.11. The monoisotopic (exact) mass is 368 g/mol. The van der Waals surface area contributed by atoms with Gasteiger partial charge in [-0.05, 0) is 36.6 Å². The van der Waals surface area contributed by atoms with Crippen molar-refractivity contribution in [1.82, 2.24) is 4.90 Å². The molecule has 1 atom stereocenters. The molecule has 1 aliphatic rings. The number of aliphatic carboxylic acids is 1. The molecule has 0 aromatic carbocycles. The van der Waals surface area contributed by atoms with Gasteiger partial charge in [-0.25, -0.2) is 9.59 Å². The number of hydrogen-bond acceptors (Lipinski definition) is 5. The zero-order valence-electron chi connectivity index (χ0n) is 14.9. The van der Waals surface area contributed by atoms with Gasteiger partial charge in [0.25, 0.3) is 0 Å². The standard InChI is InChI=1S/C17H24N2O5S/c1-10(2)7-11-8-25-13(12(11)14(20)24-4)18-16(23)19-6-5-17(3,9-19)15(21)22/h8,10H,5-7,9H2,1-4H3,(H,18,23)(H,21,22). The molecule has 0 radical (unpaired) electrons. The van der Waals surface area contributed by atoms with Gasteiger partial charge in [0.1, 0.15) is 5.00 Å². The molecule has 1 saturated heterocycles. The number of nitrogens with one attached hydrogen (secondary N) is 1. The molecule has 1 aromatic heterocycles. The summed E-state index contributed by atoms with van der Waals surface area (Å²) >= 11 is 1.28. The maximum atomic E-state index is 12.5. The molecule has 25 heavy (non-hydrogen) atoms. The SMILES string of the molecule is COC(=O)c1c(CC(C)C)csc1NC(=O)N1CCC(C)(C(=O)O)C1. The third-order valence-electron chi connectivity index (χ3n) is 4.38. The summed E-state index contributed by atoms with van der Waals surface area (Å²) in [4.78, 5) is 37.4. The Balaban J connectivity index is 2.17. The van der Waals surface area contributed by atoms with Gasteiger partial charge < -0.3 is 14.7 Å². The molecule has 1 aliphatic heterocycles. The molecule has 0 bridgehead atoms. The molecule has 0 aliphatic carbocycles. The van der Waals surface area contributed by atoms with Crippen LogP contribution in [0.25, 0.3) is 0 Å². The zero-order chi connectivity index (χ0) is 18.8. The molecule has 138 valence electrons. The Morgan fingerprint density at radius 1 is 1.44 bits per heavy atom. The van der Waals surface area contributed by atoms with E-state index in [1.54, 1.807) is 6.92 Å².